The number of aromatic nitrogens is 1. The molecule has 22 heavy (non-hydrogen) atoms. The maximum atomic E-state index is 6.14. The molecular formula is C18H22BNO2. The summed E-state index contributed by atoms with van der Waals surface area (Å²) in [6.45, 7) is 8.31. The van der Waals surface area contributed by atoms with Crippen LogP contribution < -0.4 is 5.46 Å². The predicted octanol–water partition coefficient (Wildman–Crippen LogP) is 3.87. The minimum Gasteiger partial charge on any atom is -0.399 e. The van der Waals surface area contributed by atoms with Gasteiger partial charge < -0.3 is 14.3 Å². The summed E-state index contributed by atoms with van der Waals surface area (Å²) >= 11 is 0. The van der Waals surface area contributed by atoms with E-state index in [0.29, 0.717) is 0 Å². The molecule has 1 saturated heterocycles. The van der Waals surface area contributed by atoms with Gasteiger partial charge in [-0.1, -0.05) is 30.3 Å². The van der Waals surface area contributed by atoms with Crippen LogP contribution in [0.4, 0.5) is 0 Å². The lowest BCUT2D eigenvalue weighted by molar-refractivity contribution is 0.00578. The Morgan fingerprint density at radius 1 is 0.864 bits per heavy atom. The van der Waals surface area contributed by atoms with E-state index in [2.05, 4.69) is 69.1 Å². The largest absolute Gasteiger partial charge is 0.494 e. The zero-order valence-electron chi connectivity index (χ0n) is 13.4. The Bertz CT molecular complexity index is 856. The highest BCUT2D eigenvalue weighted by Gasteiger charge is 2.51. The molecule has 0 radical (unpaired) electrons. The van der Waals surface area contributed by atoms with E-state index in [1.165, 1.54) is 10.8 Å². The van der Waals surface area contributed by atoms with Gasteiger partial charge in [-0.2, -0.15) is 0 Å². The highest BCUT2D eigenvalue weighted by Crippen LogP contribution is 2.36. The molecule has 1 fully saturated rings. The van der Waals surface area contributed by atoms with Gasteiger partial charge in [-0.05, 0) is 45.3 Å². The van der Waals surface area contributed by atoms with Crippen LogP contribution in [0.5, 0.6) is 0 Å². The summed E-state index contributed by atoms with van der Waals surface area (Å²) in [7, 11) is -0.319. The van der Waals surface area contributed by atoms with Crippen molar-refractivity contribution in [2.24, 2.45) is 0 Å². The molecule has 2 heterocycles. The molecule has 1 aromatic heterocycles. The zero-order valence-corrected chi connectivity index (χ0v) is 13.4. The molecule has 1 aliphatic rings. The molecule has 114 valence electrons. The Kier molecular flexibility index (Phi) is 2.75. The fourth-order valence-electron chi connectivity index (χ4n) is 3.00. The van der Waals surface area contributed by atoms with Crippen LogP contribution in [0.25, 0.3) is 21.8 Å². The molecule has 4 heteroatoms. The molecule has 3 nitrogen and oxygen atoms in total. The summed E-state index contributed by atoms with van der Waals surface area (Å²) in [5.41, 5.74) is 2.70. The van der Waals surface area contributed by atoms with Gasteiger partial charge in [0.1, 0.15) is 0 Å². The van der Waals surface area contributed by atoms with E-state index >= 15 is 0 Å². The lowest BCUT2D eigenvalue weighted by atomic mass is 9.79. The SMILES string of the molecule is CC1(C)OB(c2ccc3c(c2)[nH]c2ccccc23)OC1(C)C.[HH]. The summed E-state index contributed by atoms with van der Waals surface area (Å²) in [5, 5.41) is 2.48. The van der Waals surface area contributed by atoms with Gasteiger partial charge >= 0.3 is 7.12 Å². The smallest absolute Gasteiger partial charge is 0.399 e. The zero-order chi connectivity index (χ0) is 15.5. The fourth-order valence-corrected chi connectivity index (χ4v) is 3.00. The van der Waals surface area contributed by atoms with Crippen LogP contribution in [-0.4, -0.2) is 23.3 Å². The third-order valence-corrected chi connectivity index (χ3v) is 5.06. The van der Waals surface area contributed by atoms with Crippen molar-refractivity contribution in [3.05, 3.63) is 42.5 Å². The van der Waals surface area contributed by atoms with Crippen molar-refractivity contribution in [1.82, 2.24) is 4.98 Å². The second-order valence-electron chi connectivity index (χ2n) is 7.06. The molecule has 0 unspecified atom stereocenters. The second kappa shape index (κ2) is 4.37. The van der Waals surface area contributed by atoms with Crippen LogP contribution in [-0.2, 0) is 9.31 Å². The standard InChI is InChI=1S/C18H20BNO2.H2/c1-17(2)18(3,4)22-19(21-17)12-9-10-14-13-7-5-6-8-15(13)20-16(14)11-12;/h5-11,20H,1-4H3;1H. The topological polar surface area (TPSA) is 34.2 Å². The third kappa shape index (κ3) is 1.91. The first-order valence-corrected chi connectivity index (χ1v) is 7.73. The van der Waals surface area contributed by atoms with Crippen molar-refractivity contribution in [1.29, 1.82) is 0 Å². The second-order valence-corrected chi connectivity index (χ2v) is 7.06. The van der Waals surface area contributed by atoms with Gasteiger partial charge in [-0.25, -0.2) is 0 Å². The number of rotatable bonds is 1. The van der Waals surface area contributed by atoms with Crippen molar-refractivity contribution in [2.45, 2.75) is 38.9 Å². The van der Waals surface area contributed by atoms with Gasteiger partial charge in [-0.3, -0.25) is 0 Å². The van der Waals surface area contributed by atoms with E-state index in [4.69, 9.17) is 9.31 Å². The third-order valence-electron chi connectivity index (χ3n) is 5.06. The first-order valence-electron chi connectivity index (χ1n) is 7.73. The van der Waals surface area contributed by atoms with Gasteiger partial charge in [0.25, 0.3) is 0 Å². The van der Waals surface area contributed by atoms with Crippen LogP contribution in [0.2, 0.25) is 0 Å². The Labute approximate surface area is 132 Å². The predicted molar refractivity (Wildman–Crippen MR) is 93.6 cm³/mol. The number of nitrogens with one attached hydrogen (secondary N) is 1. The van der Waals surface area contributed by atoms with Crippen LogP contribution in [0.3, 0.4) is 0 Å². The van der Waals surface area contributed by atoms with Crippen molar-refractivity contribution < 1.29 is 10.7 Å². The molecule has 0 bridgehead atoms. The number of aromatic amines is 1. The molecule has 3 aromatic rings. The number of H-pyrrole nitrogens is 1. The normalized spacial score (nSPS) is 20.1. The number of hydrogen-bond acceptors (Lipinski definition) is 2. The van der Waals surface area contributed by atoms with E-state index in [1.807, 2.05) is 6.07 Å². The number of para-hydroxylation sites is 1. The number of fused-ring (bicyclic) bond motifs is 3. The molecule has 4 rings (SSSR count). The quantitative estimate of drug-likeness (QED) is 0.692. The van der Waals surface area contributed by atoms with Crippen molar-refractivity contribution >= 4 is 34.4 Å². The molecular weight excluding hydrogens is 273 g/mol. The highest BCUT2D eigenvalue weighted by molar-refractivity contribution is 6.62. The molecule has 1 N–H and O–H groups in total. The lowest BCUT2D eigenvalue weighted by Crippen LogP contribution is -2.41. The first-order chi connectivity index (χ1) is 10.4. The maximum Gasteiger partial charge on any atom is 0.494 e. The number of benzene rings is 2. The maximum absolute atomic E-state index is 6.14. The minimum absolute atomic E-state index is 0. The molecule has 2 aromatic carbocycles. The highest BCUT2D eigenvalue weighted by atomic mass is 16.7. The Morgan fingerprint density at radius 2 is 1.50 bits per heavy atom. The van der Waals surface area contributed by atoms with Gasteiger partial charge in [0.15, 0.2) is 0 Å². The van der Waals surface area contributed by atoms with Crippen LogP contribution >= 0.6 is 0 Å². The van der Waals surface area contributed by atoms with E-state index in [9.17, 15) is 0 Å². The number of hydrogen-bond donors (Lipinski definition) is 1. The van der Waals surface area contributed by atoms with Crippen LogP contribution in [0.15, 0.2) is 42.5 Å². The van der Waals surface area contributed by atoms with Crippen molar-refractivity contribution in [2.75, 3.05) is 0 Å². The molecule has 0 amide bonds. The lowest BCUT2D eigenvalue weighted by Gasteiger charge is -2.32. The average Bonchev–Trinajstić information content (AvgIpc) is 2.93. The van der Waals surface area contributed by atoms with Gasteiger partial charge in [0, 0.05) is 23.2 Å². The Balaban J connectivity index is 0.00000156. The average molecular weight is 295 g/mol. The summed E-state index contributed by atoms with van der Waals surface area (Å²) in [4.78, 5) is 3.47. The molecule has 1 aliphatic heterocycles. The van der Waals surface area contributed by atoms with Gasteiger partial charge in [0.2, 0.25) is 0 Å². The fraction of sp³-hybridized carbons (Fsp3) is 0.333. The van der Waals surface area contributed by atoms with Crippen molar-refractivity contribution in [3.8, 4) is 0 Å². The molecule has 0 saturated carbocycles. The van der Waals surface area contributed by atoms with Crippen LogP contribution in [0.1, 0.15) is 29.1 Å². The van der Waals surface area contributed by atoms with E-state index in [0.717, 1.165) is 16.5 Å². The molecule has 0 spiro atoms. The summed E-state index contributed by atoms with van der Waals surface area (Å²) in [6.07, 6.45) is 0. The van der Waals surface area contributed by atoms with Crippen LogP contribution in [0, 0.1) is 0 Å². The van der Waals surface area contributed by atoms with E-state index in [-0.39, 0.29) is 19.7 Å². The monoisotopic (exact) mass is 295 g/mol. The van der Waals surface area contributed by atoms with Crippen molar-refractivity contribution in [3.63, 3.8) is 0 Å². The molecule has 0 aliphatic carbocycles. The molecule has 0 atom stereocenters. The summed E-state index contributed by atoms with van der Waals surface area (Å²) in [5.74, 6) is 0. The first kappa shape index (κ1) is 13.9. The van der Waals surface area contributed by atoms with Gasteiger partial charge in [-0.15, -0.1) is 0 Å². The minimum atomic E-state index is -0.319. The summed E-state index contributed by atoms with van der Waals surface area (Å²) in [6, 6.07) is 14.7. The Hall–Kier alpha value is -1.78. The van der Waals surface area contributed by atoms with Gasteiger partial charge in [0.05, 0.1) is 11.2 Å². The van der Waals surface area contributed by atoms with E-state index in [1.54, 1.807) is 0 Å². The van der Waals surface area contributed by atoms with E-state index < -0.39 is 0 Å². The summed E-state index contributed by atoms with van der Waals surface area (Å²) < 4.78 is 12.3. The Morgan fingerprint density at radius 3 is 2.23 bits per heavy atom.